The molecule has 0 saturated carbocycles. The number of ether oxygens (including phenoxy) is 2. The van der Waals surface area contributed by atoms with Gasteiger partial charge in [0.15, 0.2) is 0 Å². The highest BCUT2D eigenvalue weighted by atomic mass is 35.5. The first-order valence-corrected chi connectivity index (χ1v) is 7.20. The fourth-order valence-electron chi connectivity index (χ4n) is 1.66. The second kappa shape index (κ2) is 7.98. The third-order valence-electron chi connectivity index (χ3n) is 2.71. The Hall–Kier alpha value is -1.82. The highest BCUT2D eigenvalue weighted by Gasteiger charge is 2.10. The van der Waals surface area contributed by atoms with Crippen LogP contribution < -0.4 is 10.1 Å². The van der Waals surface area contributed by atoms with Gasteiger partial charge in [-0.1, -0.05) is 29.3 Å². The van der Waals surface area contributed by atoms with Crippen molar-refractivity contribution in [1.29, 1.82) is 0 Å². The molecule has 0 spiro atoms. The summed E-state index contributed by atoms with van der Waals surface area (Å²) in [5.74, 6) is 0.308. The van der Waals surface area contributed by atoms with E-state index in [1.165, 1.54) is 12.3 Å². The summed E-state index contributed by atoms with van der Waals surface area (Å²) in [6.45, 7) is 0.927. The van der Waals surface area contributed by atoms with Gasteiger partial charge in [-0.2, -0.15) is 0 Å². The minimum atomic E-state index is -0.333. The first-order valence-electron chi connectivity index (χ1n) is 6.44. The second-order valence-electron chi connectivity index (χ2n) is 4.32. The Bertz CT molecular complexity index is 665. The lowest BCUT2D eigenvalue weighted by atomic mass is 10.2. The molecule has 0 fully saturated rings. The van der Waals surface area contributed by atoms with Crippen LogP contribution in [0, 0.1) is 0 Å². The molecule has 2 aromatic rings. The highest BCUT2D eigenvalue weighted by molar-refractivity contribution is 6.41. The minimum absolute atomic E-state index is 0.159. The number of benzene rings is 1. The molecule has 1 aromatic heterocycles. The van der Waals surface area contributed by atoms with Crippen molar-refractivity contribution in [3.63, 3.8) is 0 Å². The van der Waals surface area contributed by atoms with Gasteiger partial charge in [0.1, 0.15) is 17.5 Å². The number of nitrogens with zero attached hydrogens (tertiary/aromatic N) is 1. The smallest absolute Gasteiger partial charge is 0.257 e. The Morgan fingerprint density at radius 2 is 2.09 bits per heavy atom. The number of carbonyl (C=O) groups excluding carboxylic acids is 1. The quantitative estimate of drug-likeness (QED) is 0.643. The predicted molar refractivity (Wildman–Crippen MR) is 86.0 cm³/mol. The molecule has 0 bridgehead atoms. The topological polar surface area (TPSA) is 60.5 Å². The number of hydrogen-bond acceptors (Lipinski definition) is 4. The molecule has 5 nitrogen and oxygen atoms in total. The molecule has 1 amide bonds. The maximum atomic E-state index is 12.1. The van der Waals surface area contributed by atoms with Crippen LogP contribution in [0.1, 0.15) is 10.4 Å². The lowest BCUT2D eigenvalue weighted by Crippen LogP contribution is -2.12. The van der Waals surface area contributed by atoms with Crippen LogP contribution in [-0.2, 0) is 4.74 Å². The van der Waals surface area contributed by atoms with Crippen LogP contribution in [-0.4, -0.2) is 31.2 Å². The summed E-state index contributed by atoms with van der Waals surface area (Å²) in [4.78, 5) is 16.0. The van der Waals surface area contributed by atoms with E-state index >= 15 is 0 Å². The van der Waals surface area contributed by atoms with Gasteiger partial charge in [0, 0.05) is 25.1 Å². The summed E-state index contributed by atoms with van der Waals surface area (Å²) in [5.41, 5.74) is 0.922. The lowest BCUT2D eigenvalue weighted by molar-refractivity contribution is 0.102. The van der Waals surface area contributed by atoms with Crippen LogP contribution in [0.25, 0.3) is 0 Å². The number of rotatable bonds is 6. The van der Waals surface area contributed by atoms with E-state index in [1.54, 1.807) is 31.4 Å². The van der Waals surface area contributed by atoms with Gasteiger partial charge in [-0.25, -0.2) is 4.98 Å². The average Bonchev–Trinajstić information content (AvgIpc) is 2.50. The Morgan fingerprint density at radius 1 is 1.27 bits per heavy atom. The van der Waals surface area contributed by atoms with Crippen molar-refractivity contribution in [2.24, 2.45) is 0 Å². The van der Waals surface area contributed by atoms with Crippen molar-refractivity contribution in [3.8, 4) is 5.75 Å². The zero-order valence-corrected chi connectivity index (χ0v) is 13.3. The second-order valence-corrected chi connectivity index (χ2v) is 5.09. The van der Waals surface area contributed by atoms with Crippen LogP contribution in [0.2, 0.25) is 10.2 Å². The number of carbonyl (C=O) groups is 1. The Kier molecular flexibility index (Phi) is 6.00. The maximum absolute atomic E-state index is 12.1. The fraction of sp³-hybridized carbons (Fsp3) is 0.200. The van der Waals surface area contributed by atoms with Crippen molar-refractivity contribution >= 4 is 34.8 Å². The zero-order valence-electron chi connectivity index (χ0n) is 11.8. The van der Waals surface area contributed by atoms with E-state index in [9.17, 15) is 4.79 Å². The van der Waals surface area contributed by atoms with E-state index in [1.807, 2.05) is 0 Å². The highest BCUT2D eigenvalue weighted by Crippen LogP contribution is 2.21. The molecule has 0 unspecified atom stereocenters. The normalized spacial score (nSPS) is 10.3. The third-order valence-corrected chi connectivity index (χ3v) is 3.39. The van der Waals surface area contributed by atoms with Crippen molar-refractivity contribution in [3.05, 3.63) is 52.3 Å². The number of halogens is 2. The first kappa shape index (κ1) is 16.5. The Balaban J connectivity index is 2.04. The van der Waals surface area contributed by atoms with E-state index in [2.05, 4.69) is 10.3 Å². The number of anilines is 1. The van der Waals surface area contributed by atoms with Gasteiger partial charge >= 0.3 is 0 Å². The molecule has 22 heavy (non-hydrogen) atoms. The van der Waals surface area contributed by atoms with E-state index in [0.29, 0.717) is 30.2 Å². The number of aromatic nitrogens is 1. The Morgan fingerprint density at radius 3 is 2.82 bits per heavy atom. The molecule has 0 atom stereocenters. The van der Waals surface area contributed by atoms with Gasteiger partial charge in [-0.15, -0.1) is 0 Å². The van der Waals surface area contributed by atoms with Crippen LogP contribution in [0.15, 0.2) is 36.5 Å². The van der Waals surface area contributed by atoms with Gasteiger partial charge in [-0.05, 0) is 18.2 Å². The molecule has 7 heteroatoms. The molecule has 2 rings (SSSR count). The summed E-state index contributed by atoms with van der Waals surface area (Å²) in [6, 6.07) is 8.52. The maximum Gasteiger partial charge on any atom is 0.257 e. The monoisotopic (exact) mass is 340 g/mol. The first-order chi connectivity index (χ1) is 10.6. The number of pyridine rings is 1. The molecule has 0 aliphatic carbocycles. The summed E-state index contributed by atoms with van der Waals surface area (Å²) in [5, 5.41) is 3.13. The van der Waals surface area contributed by atoms with Gasteiger partial charge in [-0.3, -0.25) is 4.79 Å². The van der Waals surface area contributed by atoms with E-state index < -0.39 is 0 Å². The van der Waals surface area contributed by atoms with Crippen molar-refractivity contribution in [1.82, 2.24) is 4.98 Å². The molecule has 0 aliphatic rings. The van der Waals surface area contributed by atoms with Gasteiger partial charge in [0.05, 0.1) is 17.2 Å². The molecule has 0 saturated heterocycles. The van der Waals surface area contributed by atoms with Crippen LogP contribution in [0.3, 0.4) is 0 Å². The number of methoxy groups -OCH3 is 1. The zero-order chi connectivity index (χ0) is 15.9. The molecule has 116 valence electrons. The molecular formula is C15H14Cl2N2O3. The standard InChI is InChI=1S/C15H14Cl2N2O3/c1-21-5-6-22-12-4-2-3-11(8-12)19-15(20)10-7-13(16)14(17)18-9-10/h2-4,7-9H,5-6H2,1H3,(H,19,20). The van der Waals surface area contributed by atoms with E-state index in [-0.39, 0.29) is 16.1 Å². The van der Waals surface area contributed by atoms with Crippen molar-refractivity contribution < 1.29 is 14.3 Å². The molecule has 0 radical (unpaired) electrons. The van der Waals surface area contributed by atoms with Gasteiger partial charge in [0.25, 0.3) is 5.91 Å². The van der Waals surface area contributed by atoms with Crippen LogP contribution in [0.5, 0.6) is 5.75 Å². The summed E-state index contributed by atoms with van der Waals surface area (Å²) >= 11 is 11.6. The van der Waals surface area contributed by atoms with Crippen LogP contribution in [0.4, 0.5) is 5.69 Å². The Labute approximate surface area is 138 Å². The van der Waals surface area contributed by atoms with E-state index in [4.69, 9.17) is 32.7 Å². The molecule has 1 heterocycles. The number of amides is 1. The summed E-state index contributed by atoms with van der Waals surface area (Å²) in [6.07, 6.45) is 1.36. The number of hydrogen-bond donors (Lipinski definition) is 1. The lowest BCUT2D eigenvalue weighted by Gasteiger charge is -2.09. The minimum Gasteiger partial charge on any atom is -0.491 e. The molecule has 0 aliphatic heterocycles. The van der Waals surface area contributed by atoms with Crippen molar-refractivity contribution in [2.45, 2.75) is 0 Å². The van der Waals surface area contributed by atoms with E-state index in [0.717, 1.165) is 0 Å². The summed E-state index contributed by atoms with van der Waals surface area (Å²) < 4.78 is 10.4. The third kappa shape index (κ3) is 4.59. The summed E-state index contributed by atoms with van der Waals surface area (Å²) in [7, 11) is 1.60. The van der Waals surface area contributed by atoms with Gasteiger partial charge < -0.3 is 14.8 Å². The largest absolute Gasteiger partial charge is 0.491 e. The number of nitrogens with one attached hydrogen (secondary N) is 1. The van der Waals surface area contributed by atoms with Gasteiger partial charge in [0.2, 0.25) is 0 Å². The predicted octanol–water partition coefficient (Wildman–Crippen LogP) is 3.67. The molecule has 1 aromatic carbocycles. The molecule has 1 N–H and O–H groups in total. The molecular weight excluding hydrogens is 327 g/mol. The SMILES string of the molecule is COCCOc1cccc(NC(=O)c2cnc(Cl)c(Cl)c2)c1. The fourth-order valence-corrected chi connectivity index (χ4v) is 1.92. The van der Waals surface area contributed by atoms with Crippen molar-refractivity contribution in [2.75, 3.05) is 25.6 Å². The van der Waals surface area contributed by atoms with Crippen LogP contribution >= 0.6 is 23.2 Å². The average molecular weight is 341 g/mol.